The van der Waals surface area contributed by atoms with Crippen molar-refractivity contribution in [2.24, 2.45) is 0 Å². The van der Waals surface area contributed by atoms with E-state index in [2.05, 4.69) is 21.2 Å². The molecule has 0 saturated heterocycles. The summed E-state index contributed by atoms with van der Waals surface area (Å²) < 4.78 is 0.992. The molecule has 0 fully saturated rings. The zero-order chi connectivity index (χ0) is 15.1. The first kappa shape index (κ1) is 16.7. The quantitative estimate of drug-likeness (QED) is 0.799. The standard InChI is InChI=1S/C15H20BrNO3/c1-3-4-13(15(19)20)17-14(18)9-10(2)11-5-7-12(16)8-6-11/h5-8,10,13H,3-4,9H2,1-2H3,(H,17,18)(H,19,20)/t10?,13-/m1/s1. The third kappa shape index (κ3) is 5.33. The monoisotopic (exact) mass is 341 g/mol. The van der Waals surface area contributed by atoms with Crippen LogP contribution in [0.1, 0.15) is 44.6 Å². The average molecular weight is 342 g/mol. The summed E-state index contributed by atoms with van der Waals surface area (Å²) in [5, 5.41) is 11.6. The van der Waals surface area contributed by atoms with Crippen molar-refractivity contribution >= 4 is 27.8 Å². The van der Waals surface area contributed by atoms with Gasteiger partial charge in [0.05, 0.1) is 0 Å². The summed E-state index contributed by atoms with van der Waals surface area (Å²) in [6.07, 6.45) is 1.46. The van der Waals surface area contributed by atoms with Crippen molar-refractivity contribution in [2.75, 3.05) is 0 Å². The number of carbonyl (C=O) groups is 2. The second-order valence-corrected chi connectivity index (χ2v) is 5.82. The minimum atomic E-state index is -0.975. The first-order valence-electron chi connectivity index (χ1n) is 6.71. The van der Waals surface area contributed by atoms with Crippen LogP contribution in [-0.2, 0) is 9.59 Å². The third-order valence-electron chi connectivity index (χ3n) is 3.14. The molecule has 0 bridgehead atoms. The van der Waals surface area contributed by atoms with Gasteiger partial charge in [-0.25, -0.2) is 4.79 Å². The van der Waals surface area contributed by atoms with E-state index in [0.29, 0.717) is 6.42 Å². The van der Waals surface area contributed by atoms with E-state index >= 15 is 0 Å². The number of hydrogen-bond acceptors (Lipinski definition) is 2. The minimum Gasteiger partial charge on any atom is -0.480 e. The second kappa shape index (κ2) is 8.04. The zero-order valence-corrected chi connectivity index (χ0v) is 13.3. The van der Waals surface area contributed by atoms with Gasteiger partial charge in [0, 0.05) is 10.9 Å². The van der Waals surface area contributed by atoms with Crippen LogP contribution in [0.25, 0.3) is 0 Å². The molecular weight excluding hydrogens is 322 g/mol. The lowest BCUT2D eigenvalue weighted by Gasteiger charge is -2.16. The number of nitrogens with one attached hydrogen (secondary N) is 1. The highest BCUT2D eigenvalue weighted by atomic mass is 79.9. The molecule has 1 unspecified atom stereocenters. The van der Waals surface area contributed by atoms with E-state index in [-0.39, 0.29) is 18.2 Å². The Bertz CT molecular complexity index is 459. The summed E-state index contributed by atoms with van der Waals surface area (Å²) in [7, 11) is 0. The first-order valence-corrected chi connectivity index (χ1v) is 7.51. The van der Waals surface area contributed by atoms with Crippen molar-refractivity contribution in [2.45, 2.75) is 45.1 Å². The molecule has 0 heterocycles. The van der Waals surface area contributed by atoms with Crippen molar-refractivity contribution in [3.63, 3.8) is 0 Å². The maximum atomic E-state index is 11.9. The molecule has 1 rings (SSSR count). The van der Waals surface area contributed by atoms with Gasteiger partial charge in [0.25, 0.3) is 0 Å². The molecule has 0 aliphatic rings. The number of halogens is 1. The molecule has 2 N–H and O–H groups in total. The van der Waals surface area contributed by atoms with Crippen LogP contribution >= 0.6 is 15.9 Å². The van der Waals surface area contributed by atoms with Gasteiger partial charge < -0.3 is 10.4 Å². The lowest BCUT2D eigenvalue weighted by molar-refractivity contribution is -0.142. The second-order valence-electron chi connectivity index (χ2n) is 4.90. The molecule has 0 radical (unpaired) electrons. The van der Waals surface area contributed by atoms with E-state index in [1.165, 1.54) is 0 Å². The number of amides is 1. The summed E-state index contributed by atoms with van der Waals surface area (Å²) >= 11 is 3.37. The van der Waals surface area contributed by atoms with Gasteiger partial charge in [-0.3, -0.25) is 4.79 Å². The summed E-state index contributed by atoms with van der Waals surface area (Å²) in [6, 6.07) is 7.00. The van der Waals surface area contributed by atoms with Gasteiger partial charge >= 0.3 is 5.97 Å². The molecule has 2 atom stereocenters. The van der Waals surface area contributed by atoms with Gasteiger partial charge in [0.2, 0.25) is 5.91 Å². The Labute approximate surface area is 127 Å². The number of benzene rings is 1. The van der Waals surface area contributed by atoms with Crippen molar-refractivity contribution in [3.8, 4) is 0 Å². The van der Waals surface area contributed by atoms with Crippen LogP contribution in [0.15, 0.2) is 28.7 Å². The third-order valence-corrected chi connectivity index (χ3v) is 3.67. The molecule has 110 valence electrons. The Hall–Kier alpha value is -1.36. The fourth-order valence-electron chi connectivity index (χ4n) is 1.99. The predicted molar refractivity (Wildman–Crippen MR) is 81.6 cm³/mol. The van der Waals surface area contributed by atoms with Crippen LogP contribution in [0.3, 0.4) is 0 Å². The van der Waals surface area contributed by atoms with Crippen LogP contribution in [0.5, 0.6) is 0 Å². The Balaban J connectivity index is 2.56. The van der Waals surface area contributed by atoms with Crippen LogP contribution < -0.4 is 5.32 Å². The molecule has 0 aromatic heterocycles. The van der Waals surface area contributed by atoms with E-state index in [1.807, 2.05) is 38.1 Å². The topological polar surface area (TPSA) is 66.4 Å². The molecule has 0 saturated carbocycles. The van der Waals surface area contributed by atoms with Crippen molar-refractivity contribution in [1.82, 2.24) is 5.32 Å². The Morgan fingerprint density at radius 3 is 2.40 bits per heavy atom. The van der Waals surface area contributed by atoms with E-state index in [4.69, 9.17) is 5.11 Å². The average Bonchev–Trinajstić information content (AvgIpc) is 2.38. The lowest BCUT2D eigenvalue weighted by Crippen LogP contribution is -2.40. The van der Waals surface area contributed by atoms with Crippen molar-refractivity contribution in [1.29, 1.82) is 0 Å². The van der Waals surface area contributed by atoms with Crippen molar-refractivity contribution in [3.05, 3.63) is 34.3 Å². The summed E-state index contributed by atoms with van der Waals surface area (Å²) in [4.78, 5) is 22.9. The molecule has 0 spiro atoms. The predicted octanol–water partition coefficient (Wildman–Crippen LogP) is 3.31. The molecule has 1 aromatic rings. The van der Waals surface area contributed by atoms with Gasteiger partial charge in [-0.15, -0.1) is 0 Å². The lowest BCUT2D eigenvalue weighted by atomic mass is 9.97. The summed E-state index contributed by atoms with van der Waals surface area (Å²) in [6.45, 7) is 3.85. The summed E-state index contributed by atoms with van der Waals surface area (Å²) in [5.74, 6) is -1.14. The maximum absolute atomic E-state index is 11.9. The zero-order valence-electron chi connectivity index (χ0n) is 11.7. The SMILES string of the molecule is CCC[C@@H](NC(=O)CC(C)c1ccc(Br)cc1)C(=O)O. The van der Waals surface area contributed by atoms with E-state index < -0.39 is 12.0 Å². The number of aliphatic carboxylic acids is 1. The molecule has 1 aromatic carbocycles. The normalized spacial score (nSPS) is 13.6. The minimum absolute atomic E-state index is 0.0548. The Morgan fingerprint density at radius 2 is 1.90 bits per heavy atom. The number of rotatable bonds is 7. The summed E-state index contributed by atoms with van der Waals surface area (Å²) in [5.41, 5.74) is 1.06. The molecule has 0 aliphatic heterocycles. The molecule has 5 heteroatoms. The van der Waals surface area contributed by atoms with Crippen molar-refractivity contribution < 1.29 is 14.7 Å². The smallest absolute Gasteiger partial charge is 0.326 e. The molecule has 1 amide bonds. The highest BCUT2D eigenvalue weighted by Crippen LogP contribution is 2.21. The number of carboxylic acid groups (broad SMARTS) is 1. The van der Waals surface area contributed by atoms with E-state index in [9.17, 15) is 9.59 Å². The van der Waals surface area contributed by atoms with Gasteiger partial charge in [-0.2, -0.15) is 0 Å². The maximum Gasteiger partial charge on any atom is 0.326 e. The van der Waals surface area contributed by atoms with Crippen LogP contribution in [0.2, 0.25) is 0 Å². The van der Waals surface area contributed by atoms with Crippen LogP contribution in [0.4, 0.5) is 0 Å². The highest BCUT2D eigenvalue weighted by molar-refractivity contribution is 9.10. The molecule has 0 aliphatic carbocycles. The number of carbonyl (C=O) groups excluding carboxylic acids is 1. The Kier molecular flexibility index (Phi) is 6.71. The highest BCUT2D eigenvalue weighted by Gasteiger charge is 2.20. The number of hydrogen-bond donors (Lipinski definition) is 2. The first-order chi connectivity index (χ1) is 9.43. The van der Waals surface area contributed by atoms with Gasteiger partial charge in [0.15, 0.2) is 0 Å². The van der Waals surface area contributed by atoms with Gasteiger partial charge in [-0.1, -0.05) is 48.3 Å². The molecule has 20 heavy (non-hydrogen) atoms. The Morgan fingerprint density at radius 1 is 1.30 bits per heavy atom. The van der Waals surface area contributed by atoms with Crippen LogP contribution in [0, 0.1) is 0 Å². The van der Waals surface area contributed by atoms with E-state index in [0.717, 1.165) is 16.5 Å². The van der Waals surface area contributed by atoms with E-state index in [1.54, 1.807) is 0 Å². The number of carboxylic acids is 1. The van der Waals surface area contributed by atoms with Gasteiger partial charge in [-0.05, 0) is 30.0 Å². The van der Waals surface area contributed by atoms with Crippen LogP contribution in [-0.4, -0.2) is 23.0 Å². The largest absolute Gasteiger partial charge is 0.480 e. The van der Waals surface area contributed by atoms with Gasteiger partial charge in [0.1, 0.15) is 6.04 Å². The fourth-order valence-corrected chi connectivity index (χ4v) is 2.25. The fraction of sp³-hybridized carbons (Fsp3) is 0.467. The molecule has 4 nitrogen and oxygen atoms in total. The molecular formula is C15H20BrNO3.